The summed E-state index contributed by atoms with van der Waals surface area (Å²) in [5.41, 5.74) is 4.77. The molecule has 1 atom stereocenters. The molecule has 1 saturated heterocycles. The highest BCUT2D eigenvalue weighted by Gasteiger charge is 2.34. The van der Waals surface area contributed by atoms with Crippen molar-refractivity contribution in [2.75, 3.05) is 6.54 Å². The topological polar surface area (TPSA) is 67.2 Å². The zero-order valence-electron chi connectivity index (χ0n) is 18.8. The molecule has 3 aromatic carbocycles. The van der Waals surface area contributed by atoms with Crippen LogP contribution in [0.5, 0.6) is 0 Å². The molecule has 0 spiro atoms. The molecule has 0 saturated carbocycles. The van der Waals surface area contributed by atoms with E-state index in [-0.39, 0.29) is 24.2 Å². The Bertz CT molecular complexity index is 1270. The van der Waals surface area contributed by atoms with Crippen LogP contribution in [0.3, 0.4) is 0 Å². The summed E-state index contributed by atoms with van der Waals surface area (Å²) < 4.78 is 1.84. The SMILES string of the molecule is O=C(NCc1cn(-c2ccccc2)nc1-c1ccccc1)C1CC(=O)N(Cc2ccccc2)C1. The highest BCUT2D eigenvalue weighted by atomic mass is 16.2. The molecular weight excluding hydrogens is 424 g/mol. The standard InChI is InChI=1S/C28H26N4O2/c33-26-16-23(19-31(26)18-21-10-4-1-5-11-21)28(34)29-17-24-20-32(25-14-8-3-9-15-25)30-27(24)22-12-6-2-7-13-22/h1-15,20,23H,16-19H2,(H,29,34). The van der Waals surface area contributed by atoms with Crippen LogP contribution >= 0.6 is 0 Å². The average Bonchev–Trinajstić information content (AvgIpc) is 3.48. The van der Waals surface area contributed by atoms with Gasteiger partial charge in [0.05, 0.1) is 17.3 Å². The minimum absolute atomic E-state index is 0.0193. The van der Waals surface area contributed by atoms with Crippen molar-refractivity contribution < 1.29 is 9.59 Å². The number of aromatic nitrogens is 2. The molecule has 1 aliphatic rings. The highest BCUT2D eigenvalue weighted by molar-refractivity contribution is 5.89. The molecule has 2 amide bonds. The molecule has 5 rings (SSSR count). The Morgan fingerprint density at radius 1 is 0.912 bits per heavy atom. The molecule has 1 unspecified atom stereocenters. The Hall–Kier alpha value is -4.19. The van der Waals surface area contributed by atoms with Gasteiger partial charge in [0, 0.05) is 43.4 Å². The lowest BCUT2D eigenvalue weighted by Crippen LogP contribution is -2.32. The van der Waals surface area contributed by atoms with Crippen LogP contribution in [0.25, 0.3) is 16.9 Å². The molecule has 6 nitrogen and oxygen atoms in total. The van der Waals surface area contributed by atoms with Gasteiger partial charge < -0.3 is 10.2 Å². The van der Waals surface area contributed by atoms with Gasteiger partial charge in [0.15, 0.2) is 0 Å². The van der Waals surface area contributed by atoms with Crippen LogP contribution in [0.2, 0.25) is 0 Å². The van der Waals surface area contributed by atoms with Crippen LogP contribution in [0.1, 0.15) is 17.5 Å². The minimum atomic E-state index is -0.347. The van der Waals surface area contributed by atoms with Crippen molar-refractivity contribution in [1.82, 2.24) is 20.0 Å². The monoisotopic (exact) mass is 450 g/mol. The van der Waals surface area contributed by atoms with E-state index < -0.39 is 0 Å². The summed E-state index contributed by atoms with van der Waals surface area (Å²) in [5, 5.41) is 7.85. The van der Waals surface area contributed by atoms with E-state index in [0.29, 0.717) is 19.6 Å². The first-order chi connectivity index (χ1) is 16.7. The molecule has 0 radical (unpaired) electrons. The number of likely N-dealkylation sites (tertiary alicyclic amines) is 1. The molecule has 1 aliphatic heterocycles. The van der Waals surface area contributed by atoms with Crippen molar-refractivity contribution in [3.05, 3.63) is 108 Å². The lowest BCUT2D eigenvalue weighted by atomic mass is 10.1. The van der Waals surface area contributed by atoms with Crippen molar-refractivity contribution >= 4 is 11.8 Å². The number of amides is 2. The Morgan fingerprint density at radius 2 is 1.56 bits per heavy atom. The summed E-state index contributed by atoms with van der Waals surface area (Å²) in [7, 11) is 0. The van der Waals surface area contributed by atoms with Crippen LogP contribution < -0.4 is 5.32 Å². The molecule has 34 heavy (non-hydrogen) atoms. The second kappa shape index (κ2) is 9.75. The maximum atomic E-state index is 13.0. The second-order valence-electron chi connectivity index (χ2n) is 8.53. The van der Waals surface area contributed by atoms with Crippen LogP contribution in [0, 0.1) is 5.92 Å². The first kappa shape index (κ1) is 21.6. The molecule has 1 fully saturated rings. The number of benzene rings is 3. The number of nitrogens with one attached hydrogen (secondary N) is 1. The van der Waals surface area contributed by atoms with Gasteiger partial charge in [-0.25, -0.2) is 4.68 Å². The molecule has 170 valence electrons. The Balaban J connectivity index is 1.29. The normalized spacial score (nSPS) is 15.5. The average molecular weight is 451 g/mol. The summed E-state index contributed by atoms with van der Waals surface area (Å²) in [4.78, 5) is 27.2. The van der Waals surface area contributed by atoms with Crippen LogP contribution in [0.4, 0.5) is 0 Å². The maximum Gasteiger partial charge on any atom is 0.225 e. The maximum absolute atomic E-state index is 13.0. The second-order valence-corrected chi connectivity index (χ2v) is 8.53. The third-order valence-electron chi connectivity index (χ3n) is 6.11. The molecule has 6 heteroatoms. The number of carbonyl (C=O) groups is 2. The molecule has 1 N–H and O–H groups in total. The molecule has 4 aromatic rings. The van der Waals surface area contributed by atoms with Gasteiger partial charge in [0.25, 0.3) is 0 Å². The van der Waals surface area contributed by atoms with Crippen LogP contribution in [-0.2, 0) is 22.7 Å². The predicted molar refractivity (Wildman–Crippen MR) is 131 cm³/mol. The summed E-state index contributed by atoms with van der Waals surface area (Å²) in [6.45, 7) is 1.32. The lowest BCUT2D eigenvalue weighted by molar-refractivity contribution is -0.129. The number of carbonyl (C=O) groups excluding carboxylic acids is 2. The zero-order valence-corrected chi connectivity index (χ0v) is 18.8. The van der Waals surface area contributed by atoms with E-state index in [1.165, 1.54) is 0 Å². The summed E-state index contributed by atoms with van der Waals surface area (Å²) in [5.74, 6) is -0.429. The summed E-state index contributed by atoms with van der Waals surface area (Å²) in [6, 6.07) is 29.7. The van der Waals surface area contributed by atoms with Crippen molar-refractivity contribution in [2.24, 2.45) is 5.92 Å². The smallest absolute Gasteiger partial charge is 0.225 e. The first-order valence-corrected chi connectivity index (χ1v) is 11.5. The number of hydrogen-bond acceptors (Lipinski definition) is 3. The number of para-hydroxylation sites is 1. The Kier molecular flexibility index (Phi) is 6.21. The number of rotatable bonds is 7. The van der Waals surface area contributed by atoms with Crippen molar-refractivity contribution in [3.63, 3.8) is 0 Å². The van der Waals surface area contributed by atoms with Gasteiger partial charge >= 0.3 is 0 Å². The van der Waals surface area contributed by atoms with E-state index in [2.05, 4.69) is 5.32 Å². The third kappa shape index (κ3) is 4.76. The predicted octanol–water partition coefficient (Wildman–Crippen LogP) is 4.20. The van der Waals surface area contributed by atoms with Crippen molar-refractivity contribution in [1.29, 1.82) is 0 Å². The van der Waals surface area contributed by atoms with Gasteiger partial charge in [-0.15, -0.1) is 0 Å². The van der Waals surface area contributed by atoms with Crippen LogP contribution in [0.15, 0.2) is 97.2 Å². The fourth-order valence-corrected chi connectivity index (χ4v) is 4.32. The molecule has 1 aromatic heterocycles. The van der Waals surface area contributed by atoms with Crippen molar-refractivity contribution in [2.45, 2.75) is 19.5 Å². The van der Waals surface area contributed by atoms with Gasteiger partial charge in [-0.1, -0.05) is 78.9 Å². The molecule has 0 bridgehead atoms. The van der Waals surface area contributed by atoms with Crippen LogP contribution in [-0.4, -0.2) is 33.0 Å². The van der Waals surface area contributed by atoms with Gasteiger partial charge in [0.1, 0.15) is 0 Å². The fourth-order valence-electron chi connectivity index (χ4n) is 4.32. The van der Waals surface area contributed by atoms with E-state index in [4.69, 9.17) is 5.10 Å². The van der Waals surface area contributed by atoms with Crippen molar-refractivity contribution in [3.8, 4) is 16.9 Å². The van der Waals surface area contributed by atoms with E-state index in [9.17, 15) is 9.59 Å². The largest absolute Gasteiger partial charge is 0.352 e. The summed E-state index contributed by atoms with van der Waals surface area (Å²) in [6.07, 6.45) is 2.20. The third-order valence-corrected chi connectivity index (χ3v) is 6.11. The van der Waals surface area contributed by atoms with E-state index >= 15 is 0 Å². The zero-order chi connectivity index (χ0) is 23.3. The highest BCUT2D eigenvalue weighted by Crippen LogP contribution is 2.25. The molecule has 0 aliphatic carbocycles. The molecule has 2 heterocycles. The fraction of sp³-hybridized carbons (Fsp3) is 0.179. The van der Waals surface area contributed by atoms with E-state index in [1.807, 2.05) is 102 Å². The molecular formula is C28H26N4O2. The lowest BCUT2D eigenvalue weighted by Gasteiger charge is -2.16. The van der Waals surface area contributed by atoms with E-state index in [0.717, 1.165) is 28.1 Å². The van der Waals surface area contributed by atoms with Gasteiger partial charge in [-0.3, -0.25) is 9.59 Å². The van der Waals surface area contributed by atoms with E-state index in [1.54, 1.807) is 4.90 Å². The first-order valence-electron chi connectivity index (χ1n) is 11.5. The Labute approximate surface area is 198 Å². The number of hydrogen-bond donors (Lipinski definition) is 1. The van der Waals surface area contributed by atoms with Gasteiger partial charge in [0.2, 0.25) is 11.8 Å². The quantitative estimate of drug-likeness (QED) is 0.459. The minimum Gasteiger partial charge on any atom is -0.352 e. The Morgan fingerprint density at radius 3 is 2.26 bits per heavy atom. The summed E-state index contributed by atoms with van der Waals surface area (Å²) >= 11 is 0. The number of nitrogens with zero attached hydrogens (tertiary/aromatic N) is 3. The van der Waals surface area contributed by atoms with Gasteiger partial charge in [-0.05, 0) is 17.7 Å². The van der Waals surface area contributed by atoms with Gasteiger partial charge in [-0.2, -0.15) is 5.10 Å².